The lowest BCUT2D eigenvalue weighted by Crippen LogP contribution is -2.55. The fourth-order valence-corrected chi connectivity index (χ4v) is 3.49. The normalized spacial score (nSPS) is 35.1. The minimum atomic E-state index is -0.377. The molecular weight excluding hydrogens is 212 g/mol. The van der Waals surface area contributed by atoms with Gasteiger partial charge >= 0.3 is 0 Å². The van der Waals surface area contributed by atoms with E-state index < -0.39 is 0 Å². The van der Waals surface area contributed by atoms with Gasteiger partial charge in [0.05, 0.1) is 5.41 Å². The maximum atomic E-state index is 12.5. The molecule has 2 aliphatic heterocycles. The van der Waals surface area contributed by atoms with Crippen molar-refractivity contribution in [2.45, 2.75) is 37.6 Å². The Morgan fingerprint density at radius 1 is 1.35 bits per heavy atom. The molecule has 0 bridgehead atoms. The molecule has 3 rings (SSSR count). The standard InChI is InChI=1S/C14H18N2O/c1-3-13(2)14(8-9-15-13)10-6-4-5-7-11(10)16-12(14)17/h4-7,15H,3,8-9H2,1-2H3,(H,16,17)/t13-,14-/m1/s1. The summed E-state index contributed by atoms with van der Waals surface area (Å²) < 4.78 is 0. The molecule has 3 nitrogen and oxygen atoms in total. The minimum absolute atomic E-state index is 0.135. The molecule has 0 radical (unpaired) electrons. The summed E-state index contributed by atoms with van der Waals surface area (Å²) in [6.07, 6.45) is 1.84. The number of para-hydroxylation sites is 1. The Morgan fingerprint density at radius 3 is 2.88 bits per heavy atom. The van der Waals surface area contributed by atoms with E-state index in [9.17, 15) is 4.79 Å². The van der Waals surface area contributed by atoms with Gasteiger partial charge < -0.3 is 10.6 Å². The predicted octanol–water partition coefficient (Wildman–Crippen LogP) is 2.04. The molecule has 3 heteroatoms. The first-order valence-corrected chi connectivity index (χ1v) is 6.30. The summed E-state index contributed by atoms with van der Waals surface area (Å²) in [5, 5.41) is 6.57. The number of carbonyl (C=O) groups is 1. The summed E-state index contributed by atoms with van der Waals surface area (Å²) in [4.78, 5) is 12.5. The molecule has 0 unspecified atom stereocenters. The number of anilines is 1. The van der Waals surface area contributed by atoms with Crippen molar-refractivity contribution >= 4 is 11.6 Å². The van der Waals surface area contributed by atoms with Gasteiger partial charge in [-0.1, -0.05) is 25.1 Å². The molecule has 1 amide bonds. The Bertz CT molecular complexity index is 485. The van der Waals surface area contributed by atoms with Crippen LogP contribution >= 0.6 is 0 Å². The zero-order valence-corrected chi connectivity index (χ0v) is 10.3. The lowest BCUT2D eigenvalue weighted by molar-refractivity contribution is -0.122. The molecule has 0 aliphatic carbocycles. The van der Waals surface area contributed by atoms with Gasteiger partial charge in [-0.15, -0.1) is 0 Å². The van der Waals surface area contributed by atoms with Crippen LogP contribution in [0.5, 0.6) is 0 Å². The van der Waals surface area contributed by atoms with Crippen molar-refractivity contribution in [2.24, 2.45) is 0 Å². The highest BCUT2D eigenvalue weighted by molar-refractivity contribution is 6.07. The predicted molar refractivity (Wildman–Crippen MR) is 68.1 cm³/mol. The fourth-order valence-electron chi connectivity index (χ4n) is 3.49. The first-order chi connectivity index (χ1) is 8.14. The highest BCUT2D eigenvalue weighted by Crippen LogP contribution is 2.50. The summed E-state index contributed by atoms with van der Waals surface area (Å²) >= 11 is 0. The maximum Gasteiger partial charge on any atom is 0.237 e. The van der Waals surface area contributed by atoms with Crippen LogP contribution in [0.15, 0.2) is 24.3 Å². The van der Waals surface area contributed by atoms with Gasteiger partial charge in [-0.25, -0.2) is 0 Å². The van der Waals surface area contributed by atoms with E-state index in [1.807, 2.05) is 18.2 Å². The number of fused-ring (bicyclic) bond motifs is 2. The zero-order chi connectivity index (χ0) is 12.1. The SMILES string of the molecule is CC[C@@]1(C)NCC[C@@]12C(=O)Nc1ccccc12. The molecule has 2 atom stereocenters. The van der Waals surface area contributed by atoms with E-state index in [2.05, 4.69) is 30.5 Å². The smallest absolute Gasteiger partial charge is 0.237 e. The van der Waals surface area contributed by atoms with E-state index in [-0.39, 0.29) is 16.9 Å². The van der Waals surface area contributed by atoms with Crippen LogP contribution in [0.2, 0.25) is 0 Å². The van der Waals surface area contributed by atoms with Crippen LogP contribution in [0.4, 0.5) is 5.69 Å². The van der Waals surface area contributed by atoms with Gasteiger partial charge in [0.1, 0.15) is 0 Å². The third kappa shape index (κ3) is 1.12. The van der Waals surface area contributed by atoms with E-state index in [0.717, 1.165) is 25.1 Å². The maximum absolute atomic E-state index is 12.5. The van der Waals surface area contributed by atoms with Gasteiger partial charge in [-0.3, -0.25) is 4.79 Å². The Hall–Kier alpha value is -1.35. The molecule has 90 valence electrons. The van der Waals surface area contributed by atoms with E-state index in [4.69, 9.17) is 0 Å². The molecular formula is C14H18N2O. The van der Waals surface area contributed by atoms with Crippen LogP contribution in [0.3, 0.4) is 0 Å². The van der Waals surface area contributed by atoms with Gasteiger partial charge in [0.2, 0.25) is 5.91 Å². The molecule has 1 saturated heterocycles. The molecule has 2 heterocycles. The van der Waals surface area contributed by atoms with Crippen LogP contribution in [-0.4, -0.2) is 18.0 Å². The molecule has 1 aromatic carbocycles. The topological polar surface area (TPSA) is 41.1 Å². The second-order valence-corrected chi connectivity index (χ2v) is 5.27. The number of nitrogens with one attached hydrogen (secondary N) is 2. The van der Waals surface area contributed by atoms with Crippen LogP contribution in [0, 0.1) is 0 Å². The van der Waals surface area contributed by atoms with Crippen LogP contribution in [-0.2, 0) is 10.2 Å². The average Bonchev–Trinajstić information content (AvgIpc) is 2.83. The van der Waals surface area contributed by atoms with Gasteiger partial charge in [0.15, 0.2) is 0 Å². The fraction of sp³-hybridized carbons (Fsp3) is 0.500. The summed E-state index contributed by atoms with van der Waals surface area (Å²) in [7, 11) is 0. The third-order valence-corrected chi connectivity index (χ3v) is 4.69. The first-order valence-electron chi connectivity index (χ1n) is 6.30. The van der Waals surface area contributed by atoms with Gasteiger partial charge in [-0.05, 0) is 37.9 Å². The Balaban J connectivity index is 2.23. The van der Waals surface area contributed by atoms with Gasteiger partial charge in [0.25, 0.3) is 0 Å². The number of benzene rings is 1. The third-order valence-electron chi connectivity index (χ3n) is 4.69. The van der Waals surface area contributed by atoms with Gasteiger partial charge in [-0.2, -0.15) is 0 Å². The Labute approximate surface area is 102 Å². The van der Waals surface area contributed by atoms with Gasteiger partial charge in [0, 0.05) is 11.2 Å². The van der Waals surface area contributed by atoms with Crippen molar-refractivity contribution in [2.75, 3.05) is 11.9 Å². The minimum Gasteiger partial charge on any atom is -0.325 e. The van der Waals surface area contributed by atoms with Crippen LogP contribution in [0.1, 0.15) is 32.3 Å². The van der Waals surface area contributed by atoms with E-state index >= 15 is 0 Å². The summed E-state index contributed by atoms with van der Waals surface area (Å²) in [6.45, 7) is 5.22. The Morgan fingerprint density at radius 2 is 2.12 bits per heavy atom. The molecule has 1 fully saturated rings. The molecule has 0 saturated carbocycles. The lowest BCUT2D eigenvalue weighted by Gasteiger charge is -2.38. The Kier molecular flexibility index (Phi) is 2.11. The highest BCUT2D eigenvalue weighted by Gasteiger charge is 2.60. The molecule has 1 spiro atoms. The second-order valence-electron chi connectivity index (χ2n) is 5.27. The lowest BCUT2D eigenvalue weighted by atomic mass is 9.66. The average molecular weight is 230 g/mol. The van der Waals surface area contributed by atoms with Crippen molar-refractivity contribution in [3.05, 3.63) is 29.8 Å². The number of carbonyl (C=O) groups excluding carboxylic acids is 1. The van der Waals surface area contributed by atoms with Crippen molar-refractivity contribution in [3.63, 3.8) is 0 Å². The highest BCUT2D eigenvalue weighted by atomic mass is 16.2. The van der Waals surface area contributed by atoms with Crippen molar-refractivity contribution in [1.29, 1.82) is 0 Å². The summed E-state index contributed by atoms with van der Waals surface area (Å²) in [5.41, 5.74) is 1.64. The van der Waals surface area contributed by atoms with E-state index in [1.165, 1.54) is 5.56 Å². The number of amides is 1. The molecule has 2 aliphatic rings. The zero-order valence-electron chi connectivity index (χ0n) is 10.3. The number of rotatable bonds is 1. The first kappa shape index (κ1) is 10.8. The van der Waals surface area contributed by atoms with Crippen molar-refractivity contribution in [1.82, 2.24) is 5.32 Å². The van der Waals surface area contributed by atoms with Crippen molar-refractivity contribution in [3.8, 4) is 0 Å². The van der Waals surface area contributed by atoms with Crippen molar-refractivity contribution < 1.29 is 4.79 Å². The quantitative estimate of drug-likeness (QED) is 0.775. The molecule has 1 aromatic rings. The van der Waals surface area contributed by atoms with E-state index in [1.54, 1.807) is 0 Å². The molecule has 2 N–H and O–H groups in total. The van der Waals surface area contributed by atoms with Crippen LogP contribution < -0.4 is 10.6 Å². The monoisotopic (exact) mass is 230 g/mol. The summed E-state index contributed by atoms with van der Waals surface area (Å²) in [6, 6.07) is 8.09. The molecule has 0 aromatic heterocycles. The summed E-state index contributed by atoms with van der Waals surface area (Å²) in [5.74, 6) is 0.160. The number of hydrogen-bond acceptors (Lipinski definition) is 2. The largest absolute Gasteiger partial charge is 0.325 e. The second kappa shape index (κ2) is 3.33. The number of hydrogen-bond donors (Lipinski definition) is 2. The molecule has 17 heavy (non-hydrogen) atoms. The van der Waals surface area contributed by atoms with Crippen LogP contribution in [0.25, 0.3) is 0 Å². The van der Waals surface area contributed by atoms with E-state index in [0.29, 0.717) is 0 Å².